The largest absolute Gasteiger partial charge is 0.240 e. The minimum Gasteiger partial charge on any atom is -0.240 e. The van der Waals surface area contributed by atoms with Gasteiger partial charge in [-0.15, -0.1) is 0 Å². The summed E-state index contributed by atoms with van der Waals surface area (Å²) >= 11 is 0. The highest BCUT2D eigenvalue weighted by atomic mass is 15.7. The fraction of sp³-hybridized carbons (Fsp3) is 1.00. The molecule has 1 saturated heterocycles. The van der Waals surface area contributed by atoms with Gasteiger partial charge in [0.25, 0.3) is 0 Å². The number of hydrogen-bond donors (Lipinski definition) is 0. The lowest BCUT2D eigenvalue weighted by molar-refractivity contribution is 0.0357. The van der Waals surface area contributed by atoms with Gasteiger partial charge in [0.15, 0.2) is 0 Å². The predicted octanol–water partition coefficient (Wildman–Crippen LogP) is 1.40. The summed E-state index contributed by atoms with van der Waals surface area (Å²) in [5.74, 6) is 0. The van der Waals surface area contributed by atoms with Gasteiger partial charge in [0.1, 0.15) is 6.04 Å². The summed E-state index contributed by atoms with van der Waals surface area (Å²) in [5, 5.41) is 12.9. The van der Waals surface area contributed by atoms with Gasteiger partial charge in [-0.25, -0.2) is 10.0 Å². The maximum atomic E-state index is 4.35. The molecule has 0 aromatic carbocycles. The Morgan fingerprint density at radius 1 is 1.08 bits per heavy atom. The molecule has 0 bridgehead atoms. The number of likely N-dealkylation sites (N-methyl/N-ethyl adjacent to an activating group) is 2. The van der Waals surface area contributed by atoms with Crippen molar-refractivity contribution in [2.75, 3.05) is 20.6 Å². The molecule has 0 aromatic heterocycles. The normalized spacial score (nSPS) is 37.8. The summed E-state index contributed by atoms with van der Waals surface area (Å²) in [5.41, 5.74) is 0. The van der Waals surface area contributed by atoms with E-state index in [0.29, 0.717) is 18.1 Å². The Labute approximate surface area is 80.6 Å². The van der Waals surface area contributed by atoms with Crippen molar-refractivity contribution in [2.45, 2.75) is 38.9 Å². The van der Waals surface area contributed by atoms with Gasteiger partial charge in [0.05, 0.1) is 6.54 Å². The van der Waals surface area contributed by atoms with E-state index in [1.54, 1.807) is 0 Å². The van der Waals surface area contributed by atoms with Gasteiger partial charge in [0.2, 0.25) is 0 Å². The zero-order valence-corrected chi connectivity index (χ0v) is 9.23. The molecule has 0 saturated carbocycles. The van der Waals surface area contributed by atoms with Crippen LogP contribution < -0.4 is 0 Å². The van der Waals surface area contributed by atoms with Crippen molar-refractivity contribution in [3.05, 3.63) is 0 Å². The molecule has 0 amide bonds. The Morgan fingerprint density at radius 2 is 1.54 bits per heavy atom. The molecular formula is C9H20N4. The molecule has 0 aromatic rings. The molecule has 2 atom stereocenters. The summed E-state index contributed by atoms with van der Waals surface area (Å²) < 4.78 is 0. The Balaban J connectivity index is 2.69. The van der Waals surface area contributed by atoms with Gasteiger partial charge in [-0.1, -0.05) is 0 Å². The zero-order valence-electron chi connectivity index (χ0n) is 9.23. The first-order valence-electron chi connectivity index (χ1n) is 4.91. The summed E-state index contributed by atoms with van der Waals surface area (Å²) in [4.78, 5) is 0. The van der Waals surface area contributed by atoms with E-state index in [1.807, 2.05) is 6.92 Å². The Bertz CT molecular complexity index is 178. The van der Waals surface area contributed by atoms with Crippen molar-refractivity contribution in [1.29, 1.82) is 0 Å². The smallest absolute Gasteiger partial charge is 0.104 e. The van der Waals surface area contributed by atoms with Gasteiger partial charge in [0, 0.05) is 26.2 Å². The summed E-state index contributed by atoms with van der Waals surface area (Å²) in [6.07, 6.45) is 0. The van der Waals surface area contributed by atoms with E-state index in [4.69, 9.17) is 0 Å². The lowest BCUT2D eigenvalue weighted by Crippen LogP contribution is -2.35. The van der Waals surface area contributed by atoms with Crippen LogP contribution >= 0.6 is 0 Å². The average molecular weight is 184 g/mol. The van der Waals surface area contributed by atoms with Crippen molar-refractivity contribution in [3.63, 3.8) is 0 Å². The van der Waals surface area contributed by atoms with E-state index in [1.165, 1.54) is 0 Å². The molecule has 1 fully saturated rings. The minimum absolute atomic E-state index is 0.315. The molecule has 13 heavy (non-hydrogen) atoms. The number of hydrogen-bond acceptors (Lipinski definition) is 4. The van der Waals surface area contributed by atoms with Crippen LogP contribution in [0, 0.1) is 0 Å². The monoisotopic (exact) mass is 184 g/mol. The first-order chi connectivity index (χ1) is 6.09. The molecule has 0 spiro atoms. The summed E-state index contributed by atoms with van der Waals surface area (Å²) in [7, 11) is 4.20. The van der Waals surface area contributed by atoms with Crippen LogP contribution in [-0.4, -0.2) is 48.8 Å². The fourth-order valence-corrected chi connectivity index (χ4v) is 1.79. The van der Waals surface area contributed by atoms with Crippen LogP contribution in [0.3, 0.4) is 0 Å². The average Bonchev–Trinajstić information content (AvgIpc) is 2.30. The van der Waals surface area contributed by atoms with Crippen molar-refractivity contribution < 1.29 is 0 Å². The highest BCUT2D eigenvalue weighted by Crippen LogP contribution is 2.24. The summed E-state index contributed by atoms with van der Waals surface area (Å²) in [6, 6.07) is 1.22. The van der Waals surface area contributed by atoms with E-state index in [-0.39, 0.29) is 0 Å². The third-order valence-electron chi connectivity index (χ3n) is 3.02. The molecule has 4 heteroatoms. The Morgan fingerprint density at radius 3 is 1.92 bits per heavy atom. The first kappa shape index (κ1) is 10.6. The fourth-order valence-electron chi connectivity index (χ4n) is 1.79. The van der Waals surface area contributed by atoms with Crippen LogP contribution in [0.5, 0.6) is 0 Å². The molecule has 1 heterocycles. The van der Waals surface area contributed by atoms with Crippen LogP contribution in [0.2, 0.25) is 0 Å². The van der Waals surface area contributed by atoms with Gasteiger partial charge in [-0.05, 0) is 20.8 Å². The van der Waals surface area contributed by atoms with Crippen molar-refractivity contribution in [1.82, 2.24) is 10.0 Å². The number of rotatable bonds is 2. The van der Waals surface area contributed by atoms with Crippen LogP contribution in [0.15, 0.2) is 10.2 Å². The van der Waals surface area contributed by atoms with Gasteiger partial charge < -0.3 is 0 Å². The maximum absolute atomic E-state index is 4.35. The van der Waals surface area contributed by atoms with E-state index < -0.39 is 0 Å². The Kier molecular flexibility index (Phi) is 3.39. The van der Waals surface area contributed by atoms with E-state index >= 15 is 0 Å². The molecule has 76 valence electrons. The van der Waals surface area contributed by atoms with E-state index in [2.05, 4.69) is 48.2 Å². The second-order valence-electron chi connectivity index (χ2n) is 3.69. The quantitative estimate of drug-likeness (QED) is 0.607. The number of azo groups is 1. The van der Waals surface area contributed by atoms with Gasteiger partial charge in [-0.2, -0.15) is 10.2 Å². The van der Waals surface area contributed by atoms with Crippen LogP contribution in [0.4, 0.5) is 0 Å². The van der Waals surface area contributed by atoms with Crippen molar-refractivity contribution in [3.8, 4) is 0 Å². The second kappa shape index (κ2) is 4.15. The maximum Gasteiger partial charge on any atom is 0.104 e. The van der Waals surface area contributed by atoms with Crippen LogP contribution in [0.1, 0.15) is 20.8 Å². The van der Waals surface area contributed by atoms with Crippen molar-refractivity contribution in [2.24, 2.45) is 10.2 Å². The highest BCUT2D eigenvalue weighted by Gasteiger charge is 2.38. The molecule has 1 aliphatic rings. The molecule has 0 radical (unpaired) electrons. The number of nitrogens with zero attached hydrogens (tertiary/aromatic N) is 4. The Hall–Kier alpha value is -0.480. The third kappa shape index (κ3) is 1.89. The molecule has 0 N–H and O–H groups in total. The van der Waals surface area contributed by atoms with E-state index in [0.717, 1.165) is 6.54 Å². The third-order valence-corrected chi connectivity index (χ3v) is 3.02. The molecule has 0 aliphatic carbocycles. The molecule has 1 rings (SSSR count). The molecule has 2 unspecified atom stereocenters. The molecular weight excluding hydrogens is 164 g/mol. The van der Waals surface area contributed by atoms with Crippen LogP contribution in [0.25, 0.3) is 0 Å². The lowest BCUT2D eigenvalue weighted by atomic mass is 10.1. The second-order valence-corrected chi connectivity index (χ2v) is 3.69. The highest BCUT2D eigenvalue weighted by molar-refractivity contribution is 4.92. The lowest BCUT2D eigenvalue weighted by Gasteiger charge is -2.23. The van der Waals surface area contributed by atoms with E-state index in [9.17, 15) is 0 Å². The topological polar surface area (TPSA) is 31.2 Å². The first-order valence-corrected chi connectivity index (χ1v) is 4.91. The number of hydrazine groups is 1. The standard InChI is InChI=1S/C9H20N4/c1-6-10-11-9-7(2)12(4)13(5)8(9)3/h7-9H,6H2,1-5H3. The van der Waals surface area contributed by atoms with Crippen LogP contribution in [-0.2, 0) is 0 Å². The van der Waals surface area contributed by atoms with Gasteiger partial charge in [-0.3, -0.25) is 0 Å². The minimum atomic E-state index is 0.315. The molecule has 4 nitrogen and oxygen atoms in total. The zero-order chi connectivity index (χ0) is 10.0. The summed E-state index contributed by atoms with van der Waals surface area (Å²) in [6.45, 7) is 7.18. The van der Waals surface area contributed by atoms with Crippen molar-refractivity contribution >= 4 is 0 Å². The predicted molar refractivity (Wildman–Crippen MR) is 53.6 cm³/mol. The SMILES string of the molecule is CCN=NC1C(C)N(C)N(C)C1C. The molecule has 1 aliphatic heterocycles. The van der Waals surface area contributed by atoms with Gasteiger partial charge >= 0.3 is 0 Å².